The molecular weight excluding hydrogens is 323 g/mol. The fraction of sp³-hybridized carbons (Fsp3) is 0.429. The molecule has 1 saturated heterocycles. The highest BCUT2D eigenvalue weighted by molar-refractivity contribution is 5.42. The Balaban J connectivity index is 1.65. The van der Waals surface area contributed by atoms with E-state index in [-0.39, 0.29) is 5.92 Å². The molecule has 1 aliphatic carbocycles. The summed E-state index contributed by atoms with van der Waals surface area (Å²) in [5, 5.41) is 0. The van der Waals surface area contributed by atoms with Crippen molar-refractivity contribution in [3.8, 4) is 0 Å². The summed E-state index contributed by atoms with van der Waals surface area (Å²) in [5.74, 6) is 0.644. The highest BCUT2D eigenvalue weighted by atomic mass is 19.4. The monoisotopic (exact) mass is 345 g/mol. The maximum absolute atomic E-state index is 13.4. The van der Waals surface area contributed by atoms with Crippen molar-refractivity contribution < 1.29 is 13.2 Å². The van der Waals surface area contributed by atoms with Crippen LogP contribution in [0, 0.1) is 5.92 Å². The minimum atomic E-state index is -4.26. The van der Waals surface area contributed by atoms with Crippen molar-refractivity contribution in [2.45, 2.75) is 37.4 Å². The zero-order chi connectivity index (χ0) is 17.6. The molecule has 1 aliphatic heterocycles. The number of benzene rings is 2. The van der Waals surface area contributed by atoms with Gasteiger partial charge in [0.25, 0.3) is 0 Å². The van der Waals surface area contributed by atoms with Gasteiger partial charge in [0.15, 0.2) is 0 Å². The summed E-state index contributed by atoms with van der Waals surface area (Å²) >= 11 is 0. The van der Waals surface area contributed by atoms with Crippen molar-refractivity contribution in [1.29, 1.82) is 0 Å². The average Bonchev–Trinajstić information content (AvgIpc) is 2.90. The second kappa shape index (κ2) is 6.17. The summed E-state index contributed by atoms with van der Waals surface area (Å²) in [5.41, 5.74) is 2.32. The molecule has 0 radical (unpaired) electrons. The lowest BCUT2D eigenvalue weighted by Gasteiger charge is -2.33. The molecule has 1 unspecified atom stereocenters. The Morgan fingerprint density at radius 2 is 1.80 bits per heavy atom. The molecule has 0 bridgehead atoms. The third-order valence-electron chi connectivity index (χ3n) is 5.99. The van der Waals surface area contributed by atoms with Crippen LogP contribution in [0.5, 0.6) is 0 Å². The van der Waals surface area contributed by atoms with E-state index in [9.17, 15) is 13.2 Å². The Bertz CT molecular complexity index is 753. The highest BCUT2D eigenvalue weighted by Crippen LogP contribution is 2.47. The normalized spacial score (nSPS) is 26.3. The Hall–Kier alpha value is -1.81. The molecule has 0 aromatic heterocycles. The molecule has 25 heavy (non-hydrogen) atoms. The smallest absolute Gasteiger partial charge is 0.302 e. The first-order valence-corrected chi connectivity index (χ1v) is 8.88. The molecule has 0 saturated carbocycles. The Morgan fingerprint density at radius 3 is 2.52 bits per heavy atom. The van der Waals surface area contributed by atoms with Gasteiger partial charge in [-0.2, -0.15) is 13.2 Å². The molecule has 0 amide bonds. The van der Waals surface area contributed by atoms with E-state index in [2.05, 4.69) is 24.1 Å². The van der Waals surface area contributed by atoms with Crippen LogP contribution >= 0.6 is 0 Å². The molecule has 0 spiro atoms. The molecule has 2 aromatic rings. The zero-order valence-electron chi connectivity index (χ0n) is 14.3. The molecular formula is C21H22F3N. The highest BCUT2D eigenvalue weighted by Gasteiger charge is 2.45. The van der Waals surface area contributed by atoms with Crippen LogP contribution in [0.2, 0.25) is 0 Å². The number of hydrogen-bond acceptors (Lipinski definition) is 1. The largest absolute Gasteiger partial charge is 0.416 e. The molecule has 1 fully saturated rings. The summed E-state index contributed by atoms with van der Waals surface area (Å²) in [7, 11) is 2.11. The van der Waals surface area contributed by atoms with Gasteiger partial charge in [0, 0.05) is 18.5 Å². The third-order valence-corrected chi connectivity index (χ3v) is 5.99. The van der Waals surface area contributed by atoms with Crippen LogP contribution < -0.4 is 0 Å². The van der Waals surface area contributed by atoms with Crippen molar-refractivity contribution in [3.05, 3.63) is 70.8 Å². The lowest BCUT2D eigenvalue weighted by Crippen LogP contribution is -2.33. The van der Waals surface area contributed by atoms with Crippen LogP contribution in [-0.2, 0) is 19.0 Å². The zero-order valence-corrected chi connectivity index (χ0v) is 14.3. The molecule has 132 valence electrons. The van der Waals surface area contributed by atoms with Crippen LogP contribution in [0.3, 0.4) is 0 Å². The standard InChI is InChI=1S/C21H22F3N/c1-25-13-18-15-8-5-9-19(21(22,23)24)16(15)10-11-17(18)20(25)12-14-6-3-2-4-7-14/h2-9,17-18,20H,10-13H2,1H3/t17?,18-,20+/m0/s1. The second-order valence-electron chi connectivity index (χ2n) is 7.38. The van der Waals surface area contributed by atoms with Gasteiger partial charge in [0.2, 0.25) is 0 Å². The molecule has 2 aliphatic rings. The van der Waals surface area contributed by atoms with E-state index >= 15 is 0 Å². The number of likely N-dealkylation sites (tertiary alicyclic amines) is 1. The number of alkyl halides is 3. The van der Waals surface area contributed by atoms with Crippen molar-refractivity contribution in [3.63, 3.8) is 0 Å². The first kappa shape index (κ1) is 16.6. The van der Waals surface area contributed by atoms with Gasteiger partial charge in [0.05, 0.1) is 5.56 Å². The van der Waals surface area contributed by atoms with E-state index in [1.807, 2.05) is 24.3 Å². The number of likely N-dealkylation sites (N-methyl/N-ethyl adjacent to an activating group) is 1. The summed E-state index contributed by atoms with van der Waals surface area (Å²) in [6.45, 7) is 0.844. The third kappa shape index (κ3) is 2.97. The molecule has 1 nitrogen and oxygen atoms in total. The van der Waals surface area contributed by atoms with Gasteiger partial charge < -0.3 is 4.90 Å². The van der Waals surface area contributed by atoms with E-state index < -0.39 is 11.7 Å². The van der Waals surface area contributed by atoms with E-state index in [1.165, 1.54) is 11.6 Å². The topological polar surface area (TPSA) is 3.24 Å². The summed E-state index contributed by atoms with van der Waals surface area (Å²) in [4.78, 5) is 2.34. The van der Waals surface area contributed by atoms with E-state index in [1.54, 1.807) is 6.07 Å². The van der Waals surface area contributed by atoms with Gasteiger partial charge in [-0.15, -0.1) is 0 Å². The van der Waals surface area contributed by atoms with Crippen molar-refractivity contribution in [1.82, 2.24) is 4.90 Å². The van der Waals surface area contributed by atoms with Crippen LogP contribution in [0.4, 0.5) is 13.2 Å². The minimum absolute atomic E-state index is 0.213. The SMILES string of the molecule is CN1C[C@H]2c3cccc(C(F)(F)F)c3CCC2[C@H]1Cc1ccccc1. The lowest BCUT2D eigenvalue weighted by atomic mass is 9.72. The van der Waals surface area contributed by atoms with Gasteiger partial charge in [-0.05, 0) is 55.0 Å². The molecule has 3 atom stereocenters. The average molecular weight is 345 g/mol. The van der Waals surface area contributed by atoms with Crippen LogP contribution in [0.1, 0.15) is 34.6 Å². The van der Waals surface area contributed by atoms with Crippen LogP contribution in [0.15, 0.2) is 48.5 Å². The Kier molecular flexibility index (Phi) is 4.11. The summed E-state index contributed by atoms with van der Waals surface area (Å²) < 4.78 is 40.1. The van der Waals surface area contributed by atoms with Gasteiger partial charge in [-0.1, -0.05) is 42.5 Å². The predicted octanol–water partition coefficient (Wildman–Crippen LogP) is 4.91. The van der Waals surface area contributed by atoms with Gasteiger partial charge >= 0.3 is 6.18 Å². The molecule has 1 heterocycles. The van der Waals surface area contributed by atoms with Crippen LogP contribution in [0.25, 0.3) is 0 Å². The van der Waals surface area contributed by atoms with Gasteiger partial charge in [-0.25, -0.2) is 0 Å². The van der Waals surface area contributed by atoms with Crippen molar-refractivity contribution in [2.75, 3.05) is 13.6 Å². The van der Waals surface area contributed by atoms with E-state index in [0.29, 0.717) is 23.9 Å². The maximum Gasteiger partial charge on any atom is 0.416 e. The van der Waals surface area contributed by atoms with Crippen molar-refractivity contribution >= 4 is 0 Å². The van der Waals surface area contributed by atoms with Crippen LogP contribution in [-0.4, -0.2) is 24.5 Å². The van der Waals surface area contributed by atoms with E-state index in [0.717, 1.165) is 24.9 Å². The summed E-state index contributed by atoms with van der Waals surface area (Å²) in [6, 6.07) is 15.5. The van der Waals surface area contributed by atoms with Crippen molar-refractivity contribution in [2.24, 2.45) is 5.92 Å². The predicted molar refractivity (Wildman–Crippen MR) is 92.6 cm³/mol. The lowest BCUT2D eigenvalue weighted by molar-refractivity contribution is -0.138. The Labute approximate surface area is 146 Å². The first-order valence-electron chi connectivity index (χ1n) is 8.88. The second-order valence-corrected chi connectivity index (χ2v) is 7.38. The number of halogens is 3. The molecule has 4 rings (SSSR count). The molecule has 0 N–H and O–H groups in total. The number of fused-ring (bicyclic) bond motifs is 3. The number of rotatable bonds is 2. The van der Waals surface area contributed by atoms with E-state index in [4.69, 9.17) is 0 Å². The Morgan fingerprint density at radius 1 is 1.04 bits per heavy atom. The fourth-order valence-corrected chi connectivity index (χ4v) is 4.87. The maximum atomic E-state index is 13.4. The number of hydrogen-bond donors (Lipinski definition) is 0. The number of nitrogens with zero attached hydrogens (tertiary/aromatic N) is 1. The molecule has 2 aromatic carbocycles. The van der Waals surface area contributed by atoms with Gasteiger partial charge in [-0.3, -0.25) is 0 Å². The molecule has 4 heteroatoms. The first-order chi connectivity index (χ1) is 11.9. The summed E-state index contributed by atoms with van der Waals surface area (Å²) in [6.07, 6.45) is -1.92. The van der Waals surface area contributed by atoms with Gasteiger partial charge in [0.1, 0.15) is 0 Å². The minimum Gasteiger partial charge on any atom is -0.302 e. The fourth-order valence-electron chi connectivity index (χ4n) is 4.87. The quantitative estimate of drug-likeness (QED) is 0.748.